The SMILES string of the molecule is COc1cc(COCC2CCN(C(=O)Cc3ccc(S(=O)(=O)C(C)C)cc3)CC2)cc(OC)c1. The van der Waals surface area contributed by atoms with E-state index in [4.69, 9.17) is 14.2 Å². The van der Waals surface area contributed by atoms with Crippen molar-refractivity contribution < 1.29 is 27.4 Å². The van der Waals surface area contributed by atoms with Gasteiger partial charge in [0.05, 0.1) is 37.4 Å². The van der Waals surface area contributed by atoms with Crippen LogP contribution in [0.2, 0.25) is 0 Å². The van der Waals surface area contributed by atoms with Crippen LogP contribution in [0.3, 0.4) is 0 Å². The first-order chi connectivity index (χ1) is 16.2. The Bertz CT molecular complexity index is 1030. The van der Waals surface area contributed by atoms with E-state index in [-0.39, 0.29) is 12.3 Å². The molecular weight excluding hydrogens is 454 g/mol. The van der Waals surface area contributed by atoms with E-state index in [2.05, 4.69) is 0 Å². The average molecular weight is 490 g/mol. The van der Waals surface area contributed by atoms with Crippen molar-refractivity contribution in [1.82, 2.24) is 4.90 Å². The first-order valence-electron chi connectivity index (χ1n) is 11.6. The number of hydrogen-bond donors (Lipinski definition) is 0. The molecule has 1 fully saturated rings. The number of sulfone groups is 1. The monoisotopic (exact) mass is 489 g/mol. The summed E-state index contributed by atoms with van der Waals surface area (Å²) in [5.74, 6) is 1.96. The fraction of sp³-hybridized carbons (Fsp3) is 0.500. The molecular formula is C26H35NO6S. The summed E-state index contributed by atoms with van der Waals surface area (Å²) in [6.45, 7) is 5.87. The molecule has 1 saturated heterocycles. The van der Waals surface area contributed by atoms with Crippen molar-refractivity contribution in [2.24, 2.45) is 5.92 Å². The molecule has 1 aliphatic heterocycles. The third kappa shape index (κ3) is 6.73. The Balaban J connectivity index is 1.43. The van der Waals surface area contributed by atoms with Gasteiger partial charge in [-0.1, -0.05) is 12.1 Å². The topological polar surface area (TPSA) is 82.1 Å². The molecule has 2 aromatic rings. The highest BCUT2D eigenvalue weighted by molar-refractivity contribution is 7.92. The summed E-state index contributed by atoms with van der Waals surface area (Å²) < 4.78 is 41.1. The summed E-state index contributed by atoms with van der Waals surface area (Å²) in [7, 11) is -0.0495. The van der Waals surface area contributed by atoms with Gasteiger partial charge in [-0.3, -0.25) is 4.79 Å². The van der Waals surface area contributed by atoms with E-state index in [0.717, 1.165) is 35.5 Å². The van der Waals surface area contributed by atoms with Gasteiger partial charge in [0.25, 0.3) is 0 Å². The maximum Gasteiger partial charge on any atom is 0.226 e. The second-order valence-electron chi connectivity index (χ2n) is 8.97. The van der Waals surface area contributed by atoms with E-state index in [0.29, 0.717) is 37.1 Å². The lowest BCUT2D eigenvalue weighted by atomic mass is 9.97. The molecule has 0 aliphatic carbocycles. The van der Waals surface area contributed by atoms with E-state index in [1.165, 1.54) is 0 Å². The van der Waals surface area contributed by atoms with Crippen LogP contribution in [0.15, 0.2) is 47.4 Å². The number of carbonyl (C=O) groups excluding carboxylic acids is 1. The summed E-state index contributed by atoms with van der Waals surface area (Å²) >= 11 is 0. The maximum atomic E-state index is 12.7. The molecule has 0 radical (unpaired) electrons. The summed E-state index contributed by atoms with van der Waals surface area (Å²) in [6, 6.07) is 12.4. The number of hydrogen-bond acceptors (Lipinski definition) is 6. The highest BCUT2D eigenvalue weighted by Gasteiger charge is 2.24. The number of carbonyl (C=O) groups is 1. The van der Waals surface area contributed by atoms with E-state index in [1.54, 1.807) is 52.3 Å². The summed E-state index contributed by atoms with van der Waals surface area (Å²) in [4.78, 5) is 14.9. The number of piperidine rings is 1. The van der Waals surface area contributed by atoms with E-state index < -0.39 is 15.1 Å². The maximum absolute atomic E-state index is 12.7. The predicted octanol–water partition coefficient (Wildman–Crippen LogP) is 3.88. The van der Waals surface area contributed by atoms with Crippen molar-refractivity contribution in [2.45, 2.75) is 49.9 Å². The Hall–Kier alpha value is -2.58. The molecule has 0 saturated carbocycles. The lowest BCUT2D eigenvalue weighted by molar-refractivity contribution is -0.132. The first kappa shape index (κ1) is 26.0. The quantitative estimate of drug-likeness (QED) is 0.504. The van der Waals surface area contributed by atoms with Crippen LogP contribution in [0.4, 0.5) is 0 Å². The third-order valence-corrected chi connectivity index (χ3v) is 8.40. The van der Waals surface area contributed by atoms with Gasteiger partial charge >= 0.3 is 0 Å². The molecule has 0 spiro atoms. The van der Waals surface area contributed by atoms with E-state index >= 15 is 0 Å². The van der Waals surface area contributed by atoms with Gasteiger partial charge in [0.15, 0.2) is 9.84 Å². The van der Waals surface area contributed by atoms with Gasteiger partial charge in [-0.15, -0.1) is 0 Å². The Labute approximate surface area is 202 Å². The first-order valence-corrected chi connectivity index (χ1v) is 13.2. The lowest BCUT2D eigenvalue weighted by Gasteiger charge is -2.32. The third-order valence-electron chi connectivity index (χ3n) is 6.23. The van der Waals surface area contributed by atoms with Gasteiger partial charge in [0, 0.05) is 25.8 Å². The number of nitrogens with zero attached hydrogens (tertiary/aromatic N) is 1. The predicted molar refractivity (Wildman–Crippen MR) is 131 cm³/mol. The number of benzene rings is 2. The number of ether oxygens (including phenoxy) is 3. The summed E-state index contributed by atoms with van der Waals surface area (Å²) in [6.07, 6.45) is 2.08. The van der Waals surface area contributed by atoms with Crippen molar-refractivity contribution in [3.05, 3.63) is 53.6 Å². The number of likely N-dealkylation sites (tertiary alicyclic amines) is 1. The average Bonchev–Trinajstić information content (AvgIpc) is 2.84. The highest BCUT2D eigenvalue weighted by atomic mass is 32.2. The molecule has 2 aromatic carbocycles. The zero-order valence-corrected chi connectivity index (χ0v) is 21.3. The second kappa shape index (κ2) is 11.7. The lowest BCUT2D eigenvalue weighted by Crippen LogP contribution is -2.40. The minimum absolute atomic E-state index is 0.0716. The van der Waals surface area contributed by atoms with Crippen LogP contribution in [-0.4, -0.2) is 58.4 Å². The van der Waals surface area contributed by atoms with Gasteiger partial charge in [-0.2, -0.15) is 0 Å². The Morgan fingerprint density at radius 1 is 0.971 bits per heavy atom. The largest absolute Gasteiger partial charge is 0.497 e. The van der Waals surface area contributed by atoms with Crippen LogP contribution < -0.4 is 9.47 Å². The smallest absolute Gasteiger partial charge is 0.226 e. The van der Waals surface area contributed by atoms with Crippen molar-refractivity contribution in [3.63, 3.8) is 0 Å². The molecule has 1 aliphatic rings. The normalized spacial score (nSPS) is 14.9. The van der Waals surface area contributed by atoms with Gasteiger partial charge in [-0.05, 0) is 68.0 Å². The number of rotatable bonds is 10. The Kier molecular flexibility index (Phi) is 8.97. The molecule has 8 heteroatoms. The van der Waals surface area contributed by atoms with Gasteiger partial charge in [0.2, 0.25) is 5.91 Å². The summed E-state index contributed by atoms with van der Waals surface area (Å²) in [5, 5.41) is -0.469. The van der Waals surface area contributed by atoms with E-state index in [1.807, 2.05) is 23.1 Å². The van der Waals surface area contributed by atoms with Crippen molar-refractivity contribution in [2.75, 3.05) is 33.9 Å². The molecule has 186 valence electrons. The van der Waals surface area contributed by atoms with Crippen LogP contribution in [0.1, 0.15) is 37.8 Å². The highest BCUT2D eigenvalue weighted by Crippen LogP contribution is 2.24. The van der Waals surface area contributed by atoms with Gasteiger partial charge in [-0.25, -0.2) is 8.42 Å². The zero-order chi connectivity index (χ0) is 24.7. The molecule has 34 heavy (non-hydrogen) atoms. The Morgan fingerprint density at radius 2 is 1.56 bits per heavy atom. The van der Waals surface area contributed by atoms with Crippen LogP contribution in [0, 0.1) is 5.92 Å². The Morgan fingerprint density at radius 3 is 2.09 bits per heavy atom. The van der Waals surface area contributed by atoms with Crippen molar-refractivity contribution in [1.29, 1.82) is 0 Å². The molecule has 0 bridgehead atoms. The van der Waals surface area contributed by atoms with Crippen molar-refractivity contribution in [3.8, 4) is 11.5 Å². The fourth-order valence-corrected chi connectivity index (χ4v) is 5.06. The zero-order valence-electron chi connectivity index (χ0n) is 20.5. The molecule has 0 aromatic heterocycles. The second-order valence-corrected chi connectivity index (χ2v) is 11.5. The minimum Gasteiger partial charge on any atom is -0.497 e. The van der Waals surface area contributed by atoms with Crippen LogP contribution in [0.5, 0.6) is 11.5 Å². The van der Waals surface area contributed by atoms with Gasteiger partial charge < -0.3 is 19.1 Å². The number of amides is 1. The van der Waals surface area contributed by atoms with Crippen molar-refractivity contribution >= 4 is 15.7 Å². The van der Waals surface area contributed by atoms with E-state index in [9.17, 15) is 13.2 Å². The molecule has 7 nitrogen and oxygen atoms in total. The molecule has 0 atom stereocenters. The molecule has 0 unspecified atom stereocenters. The standard InChI is InChI=1S/C26H35NO6S/c1-19(2)34(29,30)25-7-5-20(6-8-25)15-26(28)27-11-9-21(10-12-27)17-33-18-22-13-23(31-3)16-24(14-22)32-4/h5-8,13-14,16,19,21H,9-12,15,17-18H2,1-4H3. The molecule has 1 amide bonds. The molecule has 3 rings (SSSR count). The fourth-order valence-electron chi connectivity index (χ4n) is 4.00. The number of methoxy groups -OCH3 is 2. The molecule has 1 heterocycles. The van der Waals surface area contributed by atoms with Gasteiger partial charge in [0.1, 0.15) is 11.5 Å². The molecule has 0 N–H and O–H groups in total. The van der Waals surface area contributed by atoms with Crippen LogP contribution >= 0.6 is 0 Å². The van der Waals surface area contributed by atoms with Crippen LogP contribution in [0.25, 0.3) is 0 Å². The van der Waals surface area contributed by atoms with Crippen LogP contribution in [-0.2, 0) is 32.4 Å². The minimum atomic E-state index is -3.30. The summed E-state index contributed by atoms with van der Waals surface area (Å²) in [5.41, 5.74) is 1.82.